The smallest absolute Gasteiger partial charge is 0.312 e. The van der Waals surface area contributed by atoms with E-state index in [0.29, 0.717) is 19.6 Å². The second-order valence-corrected chi connectivity index (χ2v) is 5.38. The molecule has 2 heterocycles. The fourth-order valence-corrected chi connectivity index (χ4v) is 2.60. The second kappa shape index (κ2) is 4.80. The van der Waals surface area contributed by atoms with E-state index in [1.807, 2.05) is 0 Å². The van der Waals surface area contributed by atoms with Crippen molar-refractivity contribution >= 4 is 17.7 Å². The molecule has 3 rings (SSSR count). The first-order chi connectivity index (χ1) is 9.15. The van der Waals surface area contributed by atoms with Crippen LogP contribution >= 0.6 is 0 Å². The van der Waals surface area contributed by atoms with Crippen molar-refractivity contribution in [1.82, 2.24) is 20.4 Å². The van der Waals surface area contributed by atoms with E-state index >= 15 is 0 Å². The molecule has 1 saturated carbocycles. The number of hydrogen-bond donors (Lipinski definition) is 2. The number of hydrogen-bond acceptors (Lipinski definition) is 4. The minimum atomic E-state index is -0.552. The summed E-state index contributed by atoms with van der Waals surface area (Å²) in [5.41, 5.74) is 0. The Kier molecular flexibility index (Phi) is 3.14. The van der Waals surface area contributed by atoms with Crippen molar-refractivity contribution in [3.8, 4) is 0 Å². The number of carbonyl (C=O) groups is 3. The number of rotatable bonds is 3. The molecule has 19 heavy (non-hydrogen) atoms. The molecule has 2 aliphatic heterocycles. The molecule has 104 valence electrons. The highest BCUT2D eigenvalue weighted by Gasteiger charge is 2.40. The van der Waals surface area contributed by atoms with Crippen LogP contribution in [0.2, 0.25) is 0 Å². The van der Waals surface area contributed by atoms with E-state index < -0.39 is 11.8 Å². The third-order valence-corrected chi connectivity index (χ3v) is 3.79. The highest BCUT2D eigenvalue weighted by Crippen LogP contribution is 2.19. The molecule has 1 atom stereocenters. The lowest BCUT2D eigenvalue weighted by Crippen LogP contribution is -2.66. The van der Waals surface area contributed by atoms with Crippen molar-refractivity contribution in [2.24, 2.45) is 0 Å². The summed E-state index contributed by atoms with van der Waals surface area (Å²) >= 11 is 0. The average Bonchev–Trinajstić information content (AvgIpc) is 3.19. The zero-order valence-corrected chi connectivity index (χ0v) is 10.7. The number of carbonyl (C=O) groups excluding carboxylic acids is 3. The lowest BCUT2D eigenvalue weighted by Gasteiger charge is -2.43. The summed E-state index contributed by atoms with van der Waals surface area (Å²) < 4.78 is 0. The second-order valence-electron chi connectivity index (χ2n) is 5.38. The monoisotopic (exact) mass is 266 g/mol. The van der Waals surface area contributed by atoms with Gasteiger partial charge in [0.25, 0.3) is 0 Å². The van der Waals surface area contributed by atoms with Crippen molar-refractivity contribution < 1.29 is 14.4 Å². The molecule has 0 bridgehead atoms. The van der Waals surface area contributed by atoms with E-state index in [1.54, 1.807) is 4.90 Å². The van der Waals surface area contributed by atoms with Gasteiger partial charge in [-0.05, 0) is 12.8 Å². The maximum Gasteiger partial charge on any atom is 0.312 e. The van der Waals surface area contributed by atoms with Gasteiger partial charge in [-0.25, -0.2) is 0 Å². The molecule has 0 aromatic carbocycles. The molecule has 0 radical (unpaired) electrons. The Morgan fingerprint density at radius 2 is 2.11 bits per heavy atom. The molecular weight excluding hydrogens is 248 g/mol. The van der Waals surface area contributed by atoms with Crippen LogP contribution in [-0.4, -0.2) is 72.3 Å². The topological polar surface area (TPSA) is 81.8 Å². The first-order valence-electron chi connectivity index (χ1n) is 6.75. The van der Waals surface area contributed by atoms with Crippen LogP contribution in [0.3, 0.4) is 0 Å². The summed E-state index contributed by atoms with van der Waals surface area (Å²) in [6, 6.07) is 0.267. The first-order valence-corrected chi connectivity index (χ1v) is 6.75. The van der Waals surface area contributed by atoms with Gasteiger partial charge in [0, 0.05) is 32.2 Å². The van der Waals surface area contributed by atoms with Gasteiger partial charge in [0.15, 0.2) is 0 Å². The van der Waals surface area contributed by atoms with Crippen LogP contribution in [0.15, 0.2) is 0 Å². The SMILES string of the molecule is O=C(CN1CC2CNCCN2C(=O)C1=O)NC1CC1. The third kappa shape index (κ3) is 2.56. The Morgan fingerprint density at radius 1 is 1.32 bits per heavy atom. The van der Waals surface area contributed by atoms with Crippen LogP contribution in [-0.2, 0) is 14.4 Å². The van der Waals surface area contributed by atoms with E-state index in [1.165, 1.54) is 4.90 Å². The molecule has 0 spiro atoms. The standard InChI is InChI=1S/C12H18N4O3/c17-10(14-8-1-2-8)7-15-6-9-5-13-3-4-16(9)12(19)11(15)18/h8-9,13H,1-7H2,(H,14,17). The zero-order valence-electron chi connectivity index (χ0n) is 10.7. The summed E-state index contributed by atoms with van der Waals surface area (Å²) in [6.07, 6.45) is 2.03. The Hall–Kier alpha value is -1.63. The maximum absolute atomic E-state index is 12.0. The molecular formula is C12H18N4O3. The van der Waals surface area contributed by atoms with Crippen LogP contribution in [0.1, 0.15) is 12.8 Å². The normalized spacial score (nSPS) is 27.3. The van der Waals surface area contributed by atoms with Crippen molar-refractivity contribution in [2.75, 3.05) is 32.7 Å². The van der Waals surface area contributed by atoms with Crippen molar-refractivity contribution in [1.29, 1.82) is 0 Å². The van der Waals surface area contributed by atoms with Gasteiger partial charge in [-0.1, -0.05) is 0 Å². The maximum atomic E-state index is 12.0. The van der Waals surface area contributed by atoms with Crippen LogP contribution < -0.4 is 10.6 Å². The van der Waals surface area contributed by atoms with Gasteiger partial charge in [-0.2, -0.15) is 0 Å². The molecule has 3 fully saturated rings. The lowest BCUT2D eigenvalue weighted by atomic mass is 10.1. The Labute approximate surface area is 111 Å². The van der Waals surface area contributed by atoms with Gasteiger partial charge >= 0.3 is 11.8 Å². The van der Waals surface area contributed by atoms with E-state index in [-0.39, 0.29) is 24.5 Å². The quantitative estimate of drug-likeness (QED) is 0.574. The summed E-state index contributed by atoms with van der Waals surface area (Å²) in [7, 11) is 0. The number of nitrogens with zero attached hydrogens (tertiary/aromatic N) is 2. The first kappa shape index (κ1) is 12.4. The molecule has 7 nitrogen and oxygen atoms in total. The van der Waals surface area contributed by atoms with Crippen molar-refractivity contribution in [3.05, 3.63) is 0 Å². The Morgan fingerprint density at radius 3 is 2.84 bits per heavy atom. The lowest BCUT2D eigenvalue weighted by molar-refractivity contribution is -0.160. The largest absolute Gasteiger partial charge is 0.352 e. The van der Waals surface area contributed by atoms with E-state index in [0.717, 1.165) is 19.4 Å². The summed E-state index contributed by atoms with van der Waals surface area (Å²) in [6.45, 7) is 2.40. The highest BCUT2D eigenvalue weighted by atomic mass is 16.2. The van der Waals surface area contributed by atoms with Crippen molar-refractivity contribution in [3.63, 3.8) is 0 Å². The predicted molar refractivity (Wildman–Crippen MR) is 66.1 cm³/mol. The summed E-state index contributed by atoms with van der Waals surface area (Å²) in [5.74, 6) is -1.19. The van der Waals surface area contributed by atoms with Crippen LogP contribution in [0.5, 0.6) is 0 Å². The fraction of sp³-hybridized carbons (Fsp3) is 0.750. The average molecular weight is 266 g/mol. The molecule has 3 aliphatic rings. The minimum absolute atomic E-state index is 0.00678. The molecule has 0 aromatic heterocycles. The van der Waals surface area contributed by atoms with Gasteiger partial charge in [0.1, 0.15) is 6.54 Å². The number of nitrogens with one attached hydrogen (secondary N) is 2. The van der Waals surface area contributed by atoms with Crippen LogP contribution in [0, 0.1) is 0 Å². The van der Waals surface area contributed by atoms with E-state index in [2.05, 4.69) is 10.6 Å². The van der Waals surface area contributed by atoms with Crippen LogP contribution in [0.25, 0.3) is 0 Å². The molecule has 1 aliphatic carbocycles. The number of amides is 3. The fourth-order valence-electron chi connectivity index (χ4n) is 2.60. The van der Waals surface area contributed by atoms with Gasteiger partial charge in [-0.3, -0.25) is 14.4 Å². The van der Waals surface area contributed by atoms with E-state index in [4.69, 9.17) is 0 Å². The molecule has 1 unspecified atom stereocenters. The molecule has 7 heteroatoms. The molecule has 3 amide bonds. The van der Waals surface area contributed by atoms with Crippen LogP contribution in [0.4, 0.5) is 0 Å². The van der Waals surface area contributed by atoms with Gasteiger partial charge in [-0.15, -0.1) is 0 Å². The Bertz CT molecular complexity index is 421. The number of piperazine rings is 2. The number of fused-ring (bicyclic) bond motifs is 1. The molecule has 0 aromatic rings. The van der Waals surface area contributed by atoms with Crippen molar-refractivity contribution in [2.45, 2.75) is 24.9 Å². The highest BCUT2D eigenvalue weighted by molar-refractivity contribution is 6.35. The minimum Gasteiger partial charge on any atom is -0.352 e. The Balaban J connectivity index is 1.62. The molecule has 2 saturated heterocycles. The third-order valence-electron chi connectivity index (χ3n) is 3.79. The van der Waals surface area contributed by atoms with Gasteiger partial charge in [0.2, 0.25) is 5.91 Å². The summed E-state index contributed by atoms with van der Waals surface area (Å²) in [5, 5.41) is 6.04. The van der Waals surface area contributed by atoms with Gasteiger partial charge in [0.05, 0.1) is 6.04 Å². The van der Waals surface area contributed by atoms with E-state index in [9.17, 15) is 14.4 Å². The molecule has 2 N–H and O–H groups in total. The van der Waals surface area contributed by atoms with Gasteiger partial charge < -0.3 is 20.4 Å². The zero-order chi connectivity index (χ0) is 13.4. The predicted octanol–water partition coefficient (Wildman–Crippen LogP) is -2.09. The summed E-state index contributed by atoms with van der Waals surface area (Å²) in [4.78, 5) is 38.6.